The molecule has 49 heavy (non-hydrogen) atoms. The van der Waals surface area contributed by atoms with E-state index in [0.717, 1.165) is 24.0 Å². The average molecular weight is 674 g/mol. The zero-order valence-electron chi connectivity index (χ0n) is 29.4. The van der Waals surface area contributed by atoms with E-state index < -0.39 is 30.0 Å². The highest BCUT2D eigenvalue weighted by Crippen LogP contribution is 2.16. The molecule has 0 saturated heterocycles. The van der Waals surface area contributed by atoms with Crippen molar-refractivity contribution in [2.45, 2.75) is 85.0 Å². The molecule has 3 aromatic rings. The van der Waals surface area contributed by atoms with Gasteiger partial charge in [0.15, 0.2) is 0 Å². The lowest BCUT2D eigenvalue weighted by Gasteiger charge is -2.29. The Morgan fingerprint density at radius 1 is 0.776 bits per heavy atom. The summed E-state index contributed by atoms with van der Waals surface area (Å²) in [5.74, 6) is -2.29. The molecule has 4 atom stereocenters. The maximum atomic E-state index is 13.7. The molecular weight excluding hydrogens is 621 g/mol. The van der Waals surface area contributed by atoms with Crippen LogP contribution in [0.5, 0.6) is 0 Å². The minimum atomic E-state index is -0.745. The molecule has 0 bridgehead atoms. The van der Waals surface area contributed by atoms with Gasteiger partial charge in [-0.3, -0.25) is 19.2 Å². The molecule has 9 nitrogen and oxygen atoms in total. The van der Waals surface area contributed by atoms with Gasteiger partial charge in [0.05, 0.1) is 0 Å². The maximum Gasteiger partial charge on any atom is 0.253 e. The Bertz CT molecular complexity index is 1510. The molecule has 0 aliphatic carbocycles. The molecule has 5 N–H and O–H groups in total. The topological polar surface area (TPSA) is 134 Å². The number of hydrogen-bond acceptors (Lipinski definition) is 5. The highest BCUT2D eigenvalue weighted by Gasteiger charge is 2.29. The second-order valence-corrected chi connectivity index (χ2v) is 13.0. The van der Waals surface area contributed by atoms with Crippen LogP contribution in [0.4, 0.5) is 4.39 Å². The van der Waals surface area contributed by atoms with E-state index in [9.17, 15) is 23.6 Å². The standard InChI is InChI=1S/C39H52FN5O4/c1-6-20-45(21-7-2)39(49)31-15-11-14-30(24-31)37(47)43-34(23-28-16-18-32(40)19-17-28)33(41)22-27(5)36(46)44-35(26(3)4)38(48)42-25-29-12-9-8-10-13-29/h8-19,24,26-27,33-35H,6-7,20-23,25,41H2,1-5H3,(H,42,48)(H,43,47)(H,44,46)/t27-,33+,34+,35+/m1/s1. The van der Waals surface area contributed by atoms with E-state index in [-0.39, 0.29) is 42.3 Å². The minimum Gasteiger partial charge on any atom is -0.350 e. The zero-order valence-corrected chi connectivity index (χ0v) is 29.4. The summed E-state index contributed by atoms with van der Waals surface area (Å²) < 4.78 is 13.7. The van der Waals surface area contributed by atoms with Crippen LogP contribution in [0.15, 0.2) is 78.9 Å². The van der Waals surface area contributed by atoms with Crippen molar-refractivity contribution < 1.29 is 23.6 Å². The van der Waals surface area contributed by atoms with E-state index >= 15 is 0 Å². The first-order valence-electron chi connectivity index (χ1n) is 17.3. The second kappa shape index (κ2) is 19.4. The Hall–Kier alpha value is -4.57. The summed E-state index contributed by atoms with van der Waals surface area (Å²) in [5, 5.41) is 8.81. The molecule has 3 rings (SSSR count). The second-order valence-electron chi connectivity index (χ2n) is 13.0. The van der Waals surface area contributed by atoms with E-state index in [1.165, 1.54) is 12.1 Å². The number of benzene rings is 3. The maximum absolute atomic E-state index is 13.7. The highest BCUT2D eigenvalue weighted by atomic mass is 19.1. The Labute approximate surface area is 290 Å². The van der Waals surface area contributed by atoms with Crippen LogP contribution >= 0.6 is 0 Å². The SMILES string of the molecule is CCCN(CCC)C(=O)c1cccc(C(=O)N[C@@H](Cc2ccc(F)cc2)[C@@H](N)C[C@@H](C)C(=O)N[C@H](C(=O)NCc2ccccc2)C(C)C)c1. The van der Waals surface area contributed by atoms with Gasteiger partial charge in [-0.15, -0.1) is 0 Å². The summed E-state index contributed by atoms with van der Waals surface area (Å²) in [6, 6.07) is 20.0. The van der Waals surface area contributed by atoms with Gasteiger partial charge in [0.1, 0.15) is 11.9 Å². The van der Waals surface area contributed by atoms with Gasteiger partial charge in [0.25, 0.3) is 11.8 Å². The molecule has 4 amide bonds. The lowest BCUT2D eigenvalue weighted by atomic mass is 9.91. The molecule has 0 aliphatic heterocycles. The molecule has 0 heterocycles. The fourth-order valence-electron chi connectivity index (χ4n) is 5.67. The van der Waals surface area contributed by atoms with Crippen molar-refractivity contribution in [3.63, 3.8) is 0 Å². The third-order valence-electron chi connectivity index (χ3n) is 8.48. The van der Waals surface area contributed by atoms with Crippen molar-refractivity contribution in [3.05, 3.63) is 107 Å². The summed E-state index contributed by atoms with van der Waals surface area (Å²) in [6.45, 7) is 11.1. The molecule has 0 aromatic heterocycles. The number of amides is 4. The van der Waals surface area contributed by atoms with Gasteiger partial charge < -0.3 is 26.6 Å². The van der Waals surface area contributed by atoms with Crippen molar-refractivity contribution in [2.24, 2.45) is 17.6 Å². The molecular formula is C39H52FN5O4. The van der Waals surface area contributed by atoms with Crippen molar-refractivity contribution in [1.82, 2.24) is 20.9 Å². The van der Waals surface area contributed by atoms with Crippen LogP contribution in [0, 0.1) is 17.7 Å². The van der Waals surface area contributed by atoms with E-state index in [2.05, 4.69) is 16.0 Å². The Kier molecular flexibility index (Phi) is 15.4. The van der Waals surface area contributed by atoms with Crippen LogP contribution in [0.2, 0.25) is 0 Å². The first kappa shape index (κ1) is 38.9. The van der Waals surface area contributed by atoms with Gasteiger partial charge in [-0.1, -0.05) is 83.1 Å². The number of carbonyl (C=O) groups is 4. The van der Waals surface area contributed by atoms with Gasteiger partial charge in [-0.2, -0.15) is 0 Å². The van der Waals surface area contributed by atoms with Crippen LogP contribution in [-0.2, 0) is 22.6 Å². The molecule has 0 aliphatic rings. The molecule has 0 spiro atoms. The third kappa shape index (κ3) is 12.1. The van der Waals surface area contributed by atoms with Gasteiger partial charge in [0.2, 0.25) is 11.8 Å². The van der Waals surface area contributed by atoms with E-state index in [4.69, 9.17) is 5.73 Å². The molecule has 264 valence electrons. The number of halogens is 1. The lowest BCUT2D eigenvalue weighted by molar-refractivity contribution is -0.132. The smallest absolute Gasteiger partial charge is 0.253 e. The summed E-state index contributed by atoms with van der Waals surface area (Å²) >= 11 is 0. The summed E-state index contributed by atoms with van der Waals surface area (Å²) in [6.07, 6.45) is 2.14. The monoisotopic (exact) mass is 673 g/mol. The Morgan fingerprint density at radius 2 is 1.41 bits per heavy atom. The number of nitrogens with zero attached hydrogens (tertiary/aromatic N) is 1. The van der Waals surface area contributed by atoms with Crippen LogP contribution in [0.25, 0.3) is 0 Å². The highest BCUT2D eigenvalue weighted by molar-refractivity contribution is 5.99. The molecule has 10 heteroatoms. The van der Waals surface area contributed by atoms with Gasteiger partial charge >= 0.3 is 0 Å². The molecule has 3 aromatic carbocycles. The number of carbonyl (C=O) groups excluding carboxylic acids is 4. The fourth-order valence-corrected chi connectivity index (χ4v) is 5.67. The van der Waals surface area contributed by atoms with Gasteiger partial charge in [0, 0.05) is 48.8 Å². The predicted molar refractivity (Wildman–Crippen MR) is 191 cm³/mol. The van der Waals surface area contributed by atoms with E-state index in [0.29, 0.717) is 30.8 Å². The van der Waals surface area contributed by atoms with Crippen LogP contribution < -0.4 is 21.7 Å². The van der Waals surface area contributed by atoms with Crippen molar-refractivity contribution in [2.75, 3.05) is 13.1 Å². The molecule has 0 saturated carbocycles. The zero-order chi connectivity index (χ0) is 35.9. The van der Waals surface area contributed by atoms with Gasteiger partial charge in [-0.05, 0) is 73.1 Å². The fraction of sp³-hybridized carbons (Fsp3) is 0.436. The molecule has 0 unspecified atom stereocenters. The third-order valence-corrected chi connectivity index (χ3v) is 8.48. The van der Waals surface area contributed by atoms with E-state index in [1.54, 1.807) is 48.2 Å². The number of nitrogens with one attached hydrogen (secondary N) is 3. The van der Waals surface area contributed by atoms with Crippen LogP contribution in [-0.4, -0.2) is 59.7 Å². The van der Waals surface area contributed by atoms with Crippen LogP contribution in [0.3, 0.4) is 0 Å². The molecule has 0 radical (unpaired) electrons. The predicted octanol–water partition coefficient (Wildman–Crippen LogP) is 5.24. The summed E-state index contributed by atoms with van der Waals surface area (Å²) in [5.41, 5.74) is 9.14. The number of rotatable bonds is 18. The van der Waals surface area contributed by atoms with E-state index in [1.807, 2.05) is 58.0 Å². The molecule has 0 fully saturated rings. The average Bonchev–Trinajstić information content (AvgIpc) is 3.09. The first-order valence-corrected chi connectivity index (χ1v) is 17.3. The van der Waals surface area contributed by atoms with Crippen molar-refractivity contribution in [1.29, 1.82) is 0 Å². The Morgan fingerprint density at radius 3 is 2.02 bits per heavy atom. The normalized spacial score (nSPS) is 13.6. The summed E-state index contributed by atoms with van der Waals surface area (Å²) in [7, 11) is 0. The van der Waals surface area contributed by atoms with Crippen LogP contribution in [0.1, 0.15) is 85.7 Å². The quantitative estimate of drug-likeness (QED) is 0.147. The number of nitrogens with two attached hydrogens (primary N) is 1. The van der Waals surface area contributed by atoms with Crippen molar-refractivity contribution >= 4 is 23.6 Å². The summed E-state index contributed by atoms with van der Waals surface area (Å²) in [4.78, 5) is 55.0. The first-order chi connectivity index (χ1) is 23.4. The minimum absolute atomic E-state index is 0.133. The van der Waals surface area contributed by atoms with Crippen molar-refractivity contribution in [3.8, 4) is 0 Å². The van der Waals surface area contributed by atoms with Gasteiger partial charge in [-0.25, -0.2) is 4.39 Å². The lowest BCUT2D eigenvalue weighted by Crippen LogP contribution is -2.53. The number of hydrogen-bond donors (Lipinski definition) is 4. The Balaban J connectivity index is 1.73. The largest absolute Gasteiger partial charge is 0.350 e.